The molecule has 0 aromatic heterocycles. The molecule has 19 heavy (non-hydrogen) atoms. The van der Waals surface area contributed by atoms with Gasteiger partial charge in [0.1, 0.15) is 0 Å². The second-order valence-electron chi connectivity index (χ2n) is 4.08. The molecule has 0 aliphatic carbocycles. The van der Waals surface area contributed by atoms with E-state index in [9.17, 15) is 9.59 Å². The number of anilines is 1. The normalized spacial score (nSPS) is 9.68. The molecule has 0 saturated heterocycles. The van der Waals surface area contributed by atoms with Gasteiger partial charge in [0.15, 0.2) is 0 Å². The van der Waals surface area contributed by atoms with Gasteiger partial charge in [-0.25, -0.2) is 4.79 Å². The summed E-state index contributed by atoms with van der Waals surface area (Å²) in [5, 5.41) is 14.0. The summed E-state index contributed by atoms with van der Waals surface area (Å²) in [6.45, 7) is 4.20. The van der Waals surface area contributed by atoms with Crippen LogP contribution in [0, 0.1) is 0 Å². The fourth-order valence-electron chi connectivity index (χ4n) is 1.50. The first kappa shape index (κ1) is 14.8. The third-order valence-corrected chi connectivity index (χ3v) is 2.44. The molecule has 0 unspecified atom stereocenters. The summed E-state index contributed by atoms with van der Waals surface area (Å²) in [6, 6.07) is 6.46. The highest BCUT2D eigenvalue weighted by Crippen LogP contribution is 2.09. The fourth-order valence-corrected chi connectivity index (χ4v) is 1.50. The molecule has 0 spiro atoms. The molecule has 0 saturated carbocycles. The number of rotatable bonds is 7. The van der Waals surface area contributed by atoms with Crippen molar-refractivity contribution >= 4 is 17.7 Å². The van der Waals surface area contributed by atoms with Gasteiger partial charge in [0.05, 0.1) is 6.42 Å². The van der Waals surface area contributed by atoms with Gasteiger partial charge in [0.25, 0.3) is 0 Å². The molecule has 0 fully saturated rings. The van der Waals surface area contributed by atoms with Gasteiger partial charge in [0.2, 0.25) is 0 Å². The van der Waals surface area contributed by atoms with E-state index in [2.05, 4.69) is 17.2 Å². The molecule has 0 heterocycles. The van der Waals surface area contributed by atoms with Crippen LogP contribution in [0.1, 0.15) is 18.4 Å². The van der Waals surface area contributed by atoms with Crippen LogP contribution in [-0.4, -0.2) is 23.7 Å². The van der Waals surface area contributed by atoms with E-state index in [1.54, 1.807) is 30.3 Å². The molecule has 2 amide bonds. The van der Waals surface area contributed by atoms with Gasteiger partial charge in [-0.15, -0.1) is 6.58 Å². The summed E-state index contributed by atoms with van der Waals surface area (Å²) in [5.41, 5.74) is 1.33. The Labute approximate surface area is 112 Å². The number of unbranched alkanes of at least 4 members (excludes halogenated alkanes) is 1. The molecular formula is C14H18N2O3. The number of nitrogens with one attached hydrogen (secondary N) is 2. The zero-order valence-electron chi connectivity index (χ0n) is 10.7. The highest BCUT2D eigenvalue weighted by Gasteiger charge is 2.02. The minimum Gasteiger partial charge on any atom is -0.481 e. The number of hydrogen-bond donors (Lipinski definition) is 3. The third kappa shape index (κ3) is 6.26. The smallest absolute Gasteiger partial charge is 0.319 e. The van der Waals surface area contributed by atoms with Crippen molar-refractivity contribution in [1.82, 2.24) is 5.32 Å². The van der Waals surface area contributed by atoms with Crippen LogP contribution in [0.3, 0.4) is 0 Å². The Morgan fingerprint density at radius 3 is 2.53 bits per heavy atom. The second-order valence-corrected chi connectivity index (χ2v) is 4.08. The van der Waals surface area contributed by atoms with E-state index in [0.29, 0.717) is 17.8 Å². The largest absolute Gasteiger partial charge is 0.481 e. The molecular weight excluding hydrogens is 244 g/mol. The lowest BCUT2D eigenvalue weighted by atomic mass is 10.1. The molecule has 5 heteroatoms. The highest BCUT2D eigenvalue weighted by molar-refractivity contribution is 5.89. The molecule has 0 radical (unpaired) electrons. The predicted octanol–water partition coefficient (Wildman–Crippen LogP) is 2.40. The maximum absolute atomic E-state index is 11.5. The van der Waals surface area contributed by atoms with Crippen molar-refractivity contribution in [3.8, 4) is 0 Å². The van der Waals surface area contributed by atoms with Gasteiger partial charge in [-0.3, -0.25) is 4.79 Å². The molecule has 0 aliphatic rings. The molecule has 1 rings (SSSR count). The Bertz CT molecular complexity index is 441. The Morgan fingerprint density at radius 2 is 1.95 bits per heavy atom. The van der Waals surface area contributed by atoms with E-state index >= 15 is 0 Å². The van der Waals surface area contributed by atoms with Gasteiger partial charge in [0, 0.05) is 12.2 Å². The van der Waals surface area contributed by atoms with Gasteiger partial charge >= 0.3 is 12.0 Å². The second kappa shape index (κ2) is 7.92. The van der Waals surface area contributed by atoms with Crippen molar-refractivity contribution in [1.29, 1.82) is 0 Å². The van der Waals surface area contributed by atoms with Gasteiger partial charge in [-0.2, -0.15) is 0 Å². The number of carboxylic acid groups (broad SMARTS) is 1. The van der Waals surface area contributed by atoms with E-state index in [0.717, 1.165) is 12.8 Å². The summed E-state index contributed by atoms with van der Waals surface area (Å²) in [4.78, 5) is 22.0. The van der Waals surface area contributed by atoms with E-state index in [1.807, 2.05) is 0 Å². The average molecular weight is 262 g/mol. The summed E-state index contributed by atoms with van der Waals surface area (Å²) in [6.07, 6.45) is 3.51. The first-order valence-corrected chi connectivity index (χ1v) is 6.08. The number of urea groups is 1. The third-order valence-electron chi connectivity index (χ3n) is 2.44. The number of carbonyl (C=O) groups is 2. The van der Waals surface area contributed by atoms with Crippen molar-refractivity contribution < 1.29 is 14.7 Å². The summed E-state index contributed by atoms with van der Waals surface area (Å²) < 4.78 is 0. The molecule has 3 N–H and O–H groups in total. The molecule has 1 aromatic carbocycles. The summed E-state index contributed by atoms with van der Waals surface area (Å²) in [5.74, 6) is -0.874. The van der Waals surface area contributed by atoms with Gasteiger partial charge in [-0.05, 0) is 30.5 Å². The Kier molecular flexibility index (Phi) is 6.15. The van der Waals surface area contributed by atoms with E-state index < -0.39 is 5.97 Å². The average Bonchev–Trinajstić information content (AvgIpc) is 2.36. The minimum atomic E-state index is -0.874. The zero-order chi connectivity index (χ0) is 14.1. The number of amides is 2. The molecule has 102 valence electrons. The number of aliphatic carboxylic acids is 1. The Balaban J connectivity index is 2.37. The van der Waals surface area contributed by atoms with Crippen molar-refractivity contribution in [3.05, 3.63) is 42.5 Å². The van der Waals surface area contributed by atoms with Crippen LogP contribution >= 0.6 is 0 Å². The topological polar surface area (TPSA) is 78.4 Å². The molecule has 1 aromatic rings. The lowest BCUT2D eigenvalue weighted by Crippen LogP contribution is -2.29. The van der Waals surface area contributed by atoms with E-state index in [1.165, 1.54) is 0 Å². The quantitative estimate of drug-likeness (QED) is 0.521. The van der Waals surface area contributed by atoms with Crippen LogP contribution in [0.5, 0.6) is 0 Å². The summed E-state index contributed by atoms with van der Waals surface area (Å²) in [7, 11) is 0. The lowest BCUT2D eigenvalue weighted by Gasteiger charge is -2.07. The predicted molar refractivity (Wildman–Crippen MR) is 74.2 cm³/mol. The fraction of sp³-hybridized carbons (Fsp3) is 0.286. The number of hydrogen-bond acceptors (Lipinski definition) is 2. The number of carboxylic acids is 1. The van der Waals surface area contributed by atoms with Crippen LogP contribution in [0.15, 0.2) is 36.9 Å². The van der Waals surface area contributed by atoms with Crippen molar-refractivity contribution in [2.75, 3.05) is 11.9 Å². The van der Waals surface area contributed by atoms with E-state index in [4.69, 9.17) is 5.11 Å². The molecule has 0 atom stereocenters. The van der Waals surface area contributed by atoms with Gasteiger partial charge in [-0.1, -0.05) is 18.2 Å². The maximum Gasteiger partial charge on any atom is 0.319 e. The first-order valence-electron chi connectivity index (χ1n) is 6.08. The van der Waals surface area contributed by atoms with Crippen molar-refractivity contribution in [2.45, 2.75) is 19.3 Å². The number of benzene rings is 1. The number of allylic oxidation sites excluding steroid dienone is 1. The Hall–Kier alpha value is -2.30. The van der Waals surface area contributed by atoms with Crippen molar-refractivity contribution in [2.24, 2.45) is 0 Å². The lowest BCUT2D eigenvalue weighted by molar-refractivity contribution is -0.136. The first-order chi connectivity index (χ1) is 9.11. The van der Waals surface area contributed by atoms with Crippen LogP contribution in [0.4, 0.5) is 10.5 Å². The van der Waals surface area contributed by atoms with Gasteiger partial charge < -0.3 is 15.7 Å². The molecule has 0 aliphatic heterocycles. The highest BCUT2D eigenvalue weighted by atomic mass is 16.4. The molecule has 0 bridgehead atoms. The van der Waals surface area contributed by atoms with E-state index in [-0.39, 0.29) is 12.5 Å². The maximum atomic E-state index is 11.5. The minimum absolute atomic E-state index is 0.0198. The Morgan fingerprint density at radius 1 is 1.26 bits per heavy atom. The van der Waals surface area contributed by atoms with Crippen molar-refractivity contribution in [3.63, 3.8) is 0 Å². The standard InChI is InChI=1S/C14H18N2O3/c1-2-3-4-9-15-14(19)16-12-7-5-11(6-8-12)10-13(17)18/h2,5-8H,1,3-4,9-10H2,(H,17,18)(H2,15,16,19). The van der Waals surface area contributed by atoms with Crippen LogP contribution < -0.4 is 10.6 Å². The monoisotopic (exact) mass is 262 g/mol. The van der Waals surface area contributed by atoms with Crippen LogP contribution in [0.25, 0.3) is 0 Å². The van der Waals surface area contributed by atoms with Crippen LogP contribution in [0.2, 0.25) is 0 Å². The zero-order valence-corrected chi connectivity index (χ0v) is 10.7. The summed E-state index contributed by atoms with van der Waals surface area (Å²) >= 11 is 0. The molecule has 5 nitrogen and oxygen atoms in total. The van der Waals surface area contributed by atoms with Crippen LogP contribution in [-0.2, 0) is 11.2 Å². The SMILES string of the molecule is C=CCCCNC(=O)Nc1ccc(CC(=O)O)cc1. The number of carbonyl (C=O) groups excluding carboxylic acids is 1.